The van der Waals surface area contributed by atoms with Crippen molar-refractivity contribution in [2.45, 2.75) is 26.7 Å². The quantitative estimate of drug-likeness (QED) is 0.549. The van der Waals surface area contributed by atoms with Crippen LogP contribution >= 0.6 is 22.9 Å². The van der Waals surface area contributed by atoms with Crippen LogP contribution in [0.25, 0.3) is 21.8 Å². The summed E-state index contributed by atoms with van der Waals surface area (Å²) in [6.07, 6.45) is 6.81. The molecule has 2 aromatic heterocycles. The molecule has 0 aliphatic heterocycles. The molecule has 1 aromatic carbocycles. The fourth-order valence-electron chi connectivity index (χ4n) is 3.41. The van der Waals surface area contributed by atoms with E-state index >= 15 is 0 Å². The second-order valence-corrected chi connectivity index (χ2v) is 8.21. The molecule has 0 radical (unpaired) electrons. The Labute approximate surface area is 183 Å². The van der Waals surface area contributed by atoms with Gasteiger partial charge in [0.25, 0.3) is 0 Å². The summed E-state index contributed by atoms with van der Waals surface area (Å²) in [5.74, 6) is -0.143. The number of aryl methyl sites for hydroxylation is 1. The van der Waals surface area contributed by atoms with Crippen molar-refractivity contribution < 1.29 is 4.79 Å². The van der Waals surface area contributed by atoms with E-state index in [1.807, 2.05) is 41.9 Å². The summed E-state index contributed by atoms with van der Waals surface area (Å²) in [7, 11) is 0. The fraction of sp³-hybridized carbons (Fsp3) is 0.182. The number of fused-ring (bicyclic) bond motifs is 3. The zero-order chi connectivity index (χ0) is 21.3. The van der Waals surface area contributed by atoms with Gasteiger partial charge < -0.3 is 5.32 Å². The Kier molecular flexibility index (Phi) is 5.65. The number of hydrogen-bond acceptors (Lipinski definition) is 5. The Balaban J connectivity index is 1.91. The number of halogens is 1. The molecule has 6 nitrogen and oxygen atoms in total. The van der Waals surface area contributed by atoms with Crippen molar-refractivity contribution in [2.24, 2.45) is 4.99 Å². The molecule has 30 heavy (non-hydrogen) atoms. The molecule has 2 heterocycles. The summed E-state index contributed by atoms with van der Waals surface area (Å²) in [5, 5.41) is 8.86. The Morgan fingerprint density at radius 3 is 2.90 bits per heavy atom. The first-order valence-electron chi connectivity index (χ1n) is 9.47. The van der Waals surface area contributed by atoms with Crippen LogP contribution in [0.15, 0.2) is 48.1 Å². The molecule has 4 rings (SSSR count). The molecule has 1 amide bonds. The van der Waals surface area contributed by atoms with E-state index in [1.54, 1.807) is 12.4 Å². The number of nitrogens with zero attached hydrogens (tertiary/aromatic N) is 4. The topological polar surface area (TPSA) is 72.2 Å². The van der Waals surface area contributed by atoms with Crippen LogP contribution < -0.4 is 5.32 Å². The van der Waals surface area contributed by atoms with E-state index in [1.165, 1.54) is 18.3 Å². The average Bonchev–Trinajstić information content (AvgIpc) is 3.28. The van der Waals surface area contributed by atoms with Crippen molar-refractivity contribution >= 4 is 45.8 Å². The van der Waals surface area contributed by atoms with E-state index in [9.17, 15) is 4.79 Å². The maximum absolute atomic E-state index is 11.5. The molecule has 0 saturated carbocycles. The van der Waals surface area contributed by atoms with Crippen molar-refractivity contribution in [3.63, 3.8) is 0 Å². The Bertz CT molecular complexity index is 1200. The predicted octanol–water partition coefficient (Wildman–Crippen LogP) is 5.32. The van der Waals surface area contributed by atoms with Gasteiger partial charge in [0.1, 0.15) is 0 Å². The zero-order valence-corrected chi connectivity index (χ0v) is 18.2. The lowest BCUT2D eigenvalue weighted by molar-refractivity contribution is -0.114. The molecule has 1 N–H and O–H groups in total. The van der Waals surface area contributed by atoms with Gasteiger partial charge in [-0.05, 0) is 31.9 Å². The number of carbonyl (C=O) groups excluding carboxylic acids is 1. The second kappa shape index (κ2) is 8.38. The van der Waals surface area contributed by atoms with Crippen LogP contribution in [-0.2, 0) is 17.6 Å². The molecular weight excluding hydrogens is 418 g/mol. The molecule has 3 aromatic rings. The summed E-state index contributed by atoms with van der Waals surface area (Å²) in [5.41, 5.74) is 5.27. The highest BCUT2D eigenvalue weighted by molar-refractivity contribution is 7.19. The fourth-order valence-corrected chi connectivity index (χ4v) is 4.74. The lowest BCUT2D eigenvalue weighted by Crippen LogP contribution is -2.07. The van der Waals surface area contributed by atoms with Crippen LogP contribution in [-0.4, -0.2) is 26.9 Å². The van der Waals surface area contributed by atoms with Gasteiger partial charge in [-0.2, -0.15) is 5.10 Å². The number of allylic oxidation sites excluding steroid dienone is 2. The number of anilines is 1. The maximum Gasteiger partial charge on any atom is 0.223 e. The second-order valence-electron chi connectivity index (χ2n) is 6.80. The van der Waals surface area contributed by atoms with E-state index in [0.29, 0.717) is 10.2 Å². The molecule has 0 unspecified atom stereocenters. The molecule has 152 valence electrons. The number of para-hydroxylation sites is 1. The first kappa shape index (κ1) is 20.3. The van der Waals surface area contributed by atoms with Gasteiger partial charge in [0, 0.05) is 30.5 Å². The summed E-state index contributed by atoms with van der Waals surface area (Å²) >= 11 is 7.95. The van der Waals surface area contributed by atoms with Crippen LogP contribution in [0.1, 0.15) is 30.8 Å². The zero-order valence-electron chi connectivity index (χ0n) is 16.6. The van der Waals surface area contributed by atoms with Gasteiger partial charge in [-0.25, -0.2) is 9.67 Å². The van der Waals surface area contributed by atoms with Gasteiger partial charge in [-0.1, -0.05) is 47.7 Å². The average molecular weight is 438 g/mol. The van der Waals surface area contributed by atoms with Crippen LogP contribution in [0.4, 0.5) is 5.13 Å². The molecule has 8 heteroatoms. The standard InChI is InChI=1S/C22H20ClN5OS/c1-4-11-24-12-13(2)19-15-9-10-17-21(30-22(26-17)25-14(3)29)20(15)28(27-19)18-8-6-5-7-16(18)23/h4-8,11-12H,2,9-10H2,1,3H3,(H,25,26,29)/b11-4-,24-12-. The third-order valence-corrected chi connectivity index (χ3v) is 5.98. The number of hydrogen-bond donors (Lipinski definition) is 1. The van der Waals surface area contributed by atoms with Gasteiger partial charge in [0.05, 0.1) is 32.7 Å². The Morgan fingerprint density at radius 1 is 1.37 bits per heavy atom. The molecule has 0 saturated heterocycles. The van der Waals surface area contributed by atoms with Crippen LogP contribution in [0, 0.1) is 0 Å². The number of benzene rings is 1. The monoisotopic (exact) mass is 437 g/mol. The number of aromatic nitrogens is 3. The number of carbonyl (C=O) groups is 1. The molecule has 0 spiro atoms. The summed E-state index contributed by atoms with van der Waals surface area (Å²) in [6, 6.07) is 7.58. The van der Waals surface area contributed by atoms with Crippen molar-refractivity contribution in [3.8, 4) is 16.3 Å². The number of nitrogens with one attached hydrogen (secondary N) is 1. The molecule has 0 atom stereocenters. The summed E-state index contributed by atoms with van der Waals surface area (Å²) in [4.78, 5) is 21.4. The first-order chi connectivity index (χ1) is 14.5. The highest BCUT2D eigenvalue weighted by atomic mass is 35.5. The summed E-state index contributed by atoms with van der Waals surface area (Å²) < 4.78 is 1.86. The molecule has 1 aliphatic rings. The van der Waals surface area contributed by atoms with Gasteiger partial charge in [0.2, 0.25) is 5.91 Å². The Morgan fingerprint density at radius 2 is 2.17 bits per heavy atom. The number of rotatable bonds is 5. The van der Waals surface area contributed by atoms with Crippen LogP contribution in [0.3, 0.4) is 0 Å². The first-order valence-corrected chi connectivity index (χ1v) is 10.7. The van der Waals surface area contributed by atoms with E-state index in [4.69, 9.17) is 16.7 Å². The Hall–Kier alpha value is -3.03. The van der Waals surface area contributed by atoms with E-state index in [2.05, 4.69) is 21.9 Å². The van der Waals surface area contributed by atoms with Crippen molar-refractivity contribution in [1.29, 1.82) is 0 Å². The van der Waals surface area contributed by atoms with E-state index in [-0.39, 0.29) is 5.91 Å². The lowest BCUT2D eigenvalue weighted by Gasteiger charge is -2.14. The smallest absolute Gasteiger partial charge is 0.223 e. The molecule has 0 fully saturated rings. The van der Waals surface area contributed by atoms with Crippen LogP contribution in [0.5, 0.6) is 0 Å². The number of aliphatic imine (C=N–C) groups is 1. The molecule has 0 bridgehead atoms. The normalized spacial score (nSPS) is 12.9. The van der Waals surface area contributed by atoms with Crippen LogP contribution in [0.2, 0.25) is 5.02 Å². The highest BCUT2D eigenvalue weighted by Gasteiger charge is 2.30. The van der Waals surface area contributed by atoms with Gasteiger partial charge in [-0.3, -0.25) is 9.79 Å². The molecule has 1 aliphatic carbocycles. The number of amides is 1. The minimum atomic E-state index is -0.143. The van der Waals surface area contributed by atoms with E-state index in [0.717, 1.165) is 51.6 Å². The maximum atomic E-state index is 11.5. The summed E-state index contributed by atoms with van der Waals surface area (Å²) in [6.45, 7) is 7.56. The van der Waals surface area contributed by atoms with Crippen molar-refractivity contribution in [1.82, 2.24) is 14.8 Å². The number of thiazole rings is 1. The SMILES string of the molecule is C=C(/C=N\C=C/C)c1nn(-c2ccccc2Cl)c2c1CCc1nc(NC(C)=O)sc1-2. The molecular formula is C22H20ClN5OS. The van der Waals surface area contributed by atoms with Gasteiger partial charge in [0.15, 0.2) is 5.13 Å². The minimum Gasteiger partial charge on any atom is -0.302 e. The van der Waals surface area contributed by atoms with Gasteiger partial charge >= 0.3 is 0 Å². The predicted molar refractivity (Wildman–Crippen MR) is 124 cm³/mol. The largest absolute Gasteiger partial charge is 0.302 e. The van der Waals surface area contributed by atoms with Crippen molar-refractivity contribution in [3.05, 3.63) is 65.1 Å². The third kappa shape index (κ3) is 3.74. The van der Waals surface area contributed by atoms with Crippen molar-refractivity contribution in [2.75, 3.05) is 5.32 Å². The lowest BCUT2D eigenvalue weighted by atomic mass is 9.95. The van der Waals surface area contributed by atoms with Gasteiger partial charge in [-0.15, -0.1) is 0 Å². The third-order valence-electron chi connectivity index (χ3n) is 4.64. The minimum absolute atomic E-state index is 0.143. The van der Waals surface area contributed by atoms with E-state index < -0.39 is 0 Å². The highest BCUT2D eigenvalue weighted by Crippen LogP contribution is 2.43.